The molecular weight excluding hydrogens is 316 g/mol. The average molecular weight is 344 g/mol. The molecule has 2 N–H and O–H groups in total. The van der Waals surface area contributed by atoms with Gasteiger partial charge in [0.05, 0.1) is 11.0 Å². The quantitative estimate of drug-likeness (QED) is 0.770. The van der Waals surface area contributed by atoms with Crippen LogP contribution >= 0.6 is 0 Å². The van der Waals surface area contributed by atoms with E-state index in [1.165, 1.54) is 0 Å². The zero-order valence-corrected chi connectivity index (χ0v) is 15.5. The number of aromatic nitrogens is 2. The van der Waals surface area contributed by atoms with Gasteiger partial charge in [-0.25, -0.2) is 4.98 Å². The van der Waals surface area contributed by atoms with Crippen molar-refractivity contribution in [3.8, 4) is 0 Å². The number of imidazole rings is 1. The molecular formula is C19H28N4O2. The van der Waals surface area contributed by atoms with Crippen molar-refractivity contribution in [2.45, 2.75) is 40.7 Å². The van der Waals surface area contributed by atoms with Gasteiger partial charge in [0.2, 0.25) is 11.8 Å². The Balaban J connectivity index is 2.12. The molecule has 1 heterocycles. The average Bonchev–Trinajstić information content (AvgIpc) is 2.90. The lowest BCUT2D eigenvalue weighted by Crippen LogP contribution is -2.32. The molecule has 1 aromatic carbocycles. The van der Waals surface area contributed by atoms with Crippen molar-refractivity contribution in [2.24, 2.45) is 11.8 Å². The Morgan fingerprint density at radius 2 is 1.84 bits per heavy atom. The van der Waals surface area contributed by atoms with E-state index in [0.717, 1.165) is 16.9 Å². The lowest BCUT2D eigenvalue weighted by molar-refractivity contribution is -0.124. The second-order valence-corrected chi connectivity index (χ2v) is 7.00. The molecule has 2 aromatic rings. The summed E-state index contributed by atoms with van der Waals surface area (Å²) in [4.78, 5) is 28.6. The second-order valence-electron chi connectivity index (χ2n) is 7.00. The first kappa shape index (κ1) is 19.0. The third-order valence-electron chi connectivity index (χ3n) is 3.92. The fourth-order valence-electron chi connectivity index (χ4n) is 2.51. The molecule has 136 valence electrons. The standard InChI is InChI=1S/C19H28N4O2/c1-13(2)11-21-18(24)12-23-16-8-6-5-7-15(16)22-17(23)9-10-20-19(25)14(3)4/h5-8,13-14H,9-12H2,1-4H3,(H,20,25)(H,21,24). The zero-order chi connectivity index (χ0) is 18.4. The van der Waals surface area contributed by atoms with E-state index < -0.39 is 0 Å². The maximum absolute atomic E-state index is 12.3. The Labute approximate surface area is 149 Å². The van der Waals surface area contributed by atoms with E-state index in [9.17, 15) is 9.59 Å². The summed E-state index contributed by atoms with van der Waals surface area (Å²) < 4.78 is 1.94. The van der Waals surface area contributed by atoms with Crippen LogP contribution in [-0.4, -0.2) is 34.5 Å². The van der Waals surface area contributed by atoms with Gasteiger partial charge in [0.1, 0.15) is 12.4 Å². The van der Waals surface area contributed by atoms with Crippen molar-refractivity contribution in [2.75, 3.05) is 13.1 Å². The van der Waals surface area contributed by atoms with Crippen LogP contribution in [0.15, 0.2) is 24.3 Å². The van der Waals surface area contributed by atoms with E-state index >= 15 is 0 Å². The number of benzene rings is 1. The normalized spacial score (nSPS) is 11.3. The molecule has 2 amide bonds. The molecule has 0 aliphatic heterocycles. The summed E-state index contributed by atoms with van der Waals surface area (Å²) >= 11 is 0. The van der Waals surface area contributed by atoms with Gasteiger partial charge in [0.15, 0.2) is 0 Å². The number of hydrogen-bond acceptors (Lipinski definition) is 3. The lowest BCUT2D eigenvalue weighted by Gasteiger charge is -2.12. The highest BCUT2D eigenvalue weighted by atomic mass is 16.2. The van der Waals surface area contributed by atoms with Crippen molar-refractivity contribution in [3.63, 3.8) is 0 Å². The summed E-state index contributed by atoms with van der Waals surface area (Å²) in [6, 6.07) is 7.78. The highest BCUT2D eigenvalue weighted by Crippen LogP contribution is 2.16. The fraction of sp³-hybridized carbons (Fsp3) is 0.526. The molecule has 0 saturated carbocycles. The van der Waals surface area contributed by atoms with Gasteiger partial charge in [-0.3, -0.25) is 9.59 Å². The molecule has 0 bridgehead atoms. The largest absolute Gasteiger partial charge is 0.355 e. The Bertz CT molecular complexity index is 734. The van der Waals surface area contributed by atoms with Gasteiger partial charge in [-0.05, 0) is 18.1 Å². The minimum absolute atomic E-state index is 0.0238. The van der Waals surface area contributed by atoms with Crippen LogP contribution in [-0.2, 0) is 22.6 Å². The Kier molecular flexibility index (Phi) is 6.56. The zero-order valence-electron chi connectivity index (χ0n) is 15.5. The van der Waals surface area contributed by atoms with Gasteiger partial charge < -0.3 is 15.2 Å². The van der Waals surface area contributed by atoms with Gasteiger partial charge in [0, 0.05) is 25.4 Å². The van der Waals surface area contributed by atoms with E-state index in [1.807, 2.05) is 42.7 Å². The van der Waals surface area contributed by atoms with Crippen LogP contribution in [0.3, 0.4) is 0 Å². The van der Waals surface area contributed by atoms with E-state index in [1.54, 1.807) is 0 Å². The van der Waals surface area contributed by atoms with Crippen LogP contribution in [0.25, 0.3) is 11.0 Å². The van der Waals surface area contributed by atoms with Crippen LogP contribution in [0.2, 0.25) is 0 Å². The number of amides is 2. The maximum atomic E-state index is 12.3. The molecule has 6 nitrogen and oxygen atoms in total. The van der Waals surface area contributed by atoms with Gasteiger partial charge in [0.25, 0.3) is 0 Å². The van der Waals surface area contributed by atoms with Crippen molar-refractivity contribution in [1.82, 2.24) is 20.2 Å². The molecule has 25 heavy (non-hydrogen) atoms. The molecule has 0 saturated heterocycles. The number of fused-ring (bicyclic) bond motifs is 1. The van der Waals surface area contributed by atoms with Crippen LogP contribution in [0.4, 0.5) is 0 Å². The lowest BCUT2D eigenvalue weighted by atomic mass is 10.2. The van der Waals surface area contributed by atoms with Gasteiger partial charge in [-0.1, -0.05) is 39.8 Å². The molecule has 0 unspecified atom stereocenters. The van der Waals surface area contributed by atoms with Crippen LogP contribution in [0.1, 0.15) is 33.5 Å². The number of nitrogens with zero attached hydrogens (tertiary/aromatic N) is 2. The van der Waals surface area contributed by atoms with Crippen LogP contribution in [0.5, 0.6) is 0 Å². The highest BCUT2D eigenvalue weighted by molar-refractivity contribution is 5.81. The number of hydrogen-bond donors (Lipinski definition) is 2. The first-order valence-corrected chi connectivity index (χ1v) is 8.87. The summed E-state index contributed by atoms with van der Waals surface area (Å²) in [6.45, 7) is 9.26. The number of nitrogens with one attached hydrogen (secondary N) is 2. The third-order valence-corrected chi connectivity index (χ3v) is 3.92. The third kappa shape index (κ3) is 5.31. The molecule has 0 radical (unpaired) electrons. The maximum Gasteiger partial charge on any atom is 0.240 e. The summed E-state index contributed by atoms with van der Waals surface area (Å²) in [5, 5.41) is 5.85. The smallest absolute Gasteiger partial charge is 0.240 e. The summed E-state index contributed by atoms with van der Waals surface area (Å²) in [5.41, 5.74) is 1.80. The SMILES string of the molecule is CC(C)CNC(=O)Cn1c(CCNC(=O)C(C)C)nc2ccccc21. The molecule has 2 rings (SSSR count). The Hall–Kier alpha value is -2.37. The predicted octanol–water partition coefficient (Wildman–Crippen LogP) is 2.12. The fourth-order valence-corrected chi connectivity index (χ4v) is 2.51. The number of carbonyl (C=O) groups is 2. The minimum Gasteiger partial charge on any atom is -0.355 e. The number of para-hydroxylation sites is 2. The second kappa shape index (κ2) is 8.65. The monoisotopic (exact) mass is 344 g/mol. The first-order chi connectivity index (χ1) is 11.9. The number of carbonyl (C=O) groups excluding carboxylic acids is 2. The van der Waals surface area contributed by atoms with Crippen LogP contribution in [0, 0.1) is 11.8 Å². The Morgan fingerprint density at radius 1 is 1.12 bits per heavy atom. The van der Waals surface area contributed by atoms with Gasteiger partial charge >= 0.3 is 0 Å². The molecule has 0 spiro atoms. The van der Waals surface area contributed by atoms with Crippen molar-refractivity contribution >= 4 is 22.8 Å². The van der Waals surface area contributed by atoms with Crippen molar-refractivity contribution < 1.29 is 9.59 Å². The molecule has 0 aliphatic carbocycles. The van der Waals surface area contributed by atoms with Crippen molar-refractivity contribution in [3.05, 3.63) is 30.1 Å². The Morgan fingerprint density at radius 3 is 2.52 bits per heavy atom. The molecule has 0 fully saturated rings. The molecule has 0 atom stereocenters. The van der Waals surface area contributed by atoms with Crippen molar-refractivity contribution in [1.29, 1.82) is 0 Å². The predicted molar refractivity (Wildman–Crippen MR) is 99.1 cm³/mol. The van der Waals surface area contributed by atoms with E-state index in [-0.39, 0.29) is 24.3 Å². The highest BCUT2D eigenvalue weighted by Gasteiger charge is 2.14. The van der Waals surface area contributed by atoms with E-state index in [4.69, 9.17) is 0 Å². The number of rotatable bonds is 8. The first-order valence-electron chi connectivity index (χ1n) is 8.87. The minimum atomic E-state index is -0.0411. The summed E-state index contributed by atoms with van der Waals surface area (Å²) in [5.74, 6) is 1.18. The topological polar surface area (TPSA) is 76.0 Å². The van der Waals surface area contributed by atoms with E-state index in [2.05, 4.69) is 29.5 Å². The van der Waals surface area contributed by atoms with Gasteiger partial charge in [-0.2, -0.15) is 0 Å². The molecule has 0 aliphatic rings. The van der Waals surface area contributed by atoms with Crippen LogP contribution < -0.4 is 10.6 Å². The van der Waals surface area contributed by atoms with E-state index in [0.29, 0.717) is 25.4 Å². The summed E-state index contributed by atoms with van der Waals surface area (Å²) in [7, 11) is 0. The summed E-state index contributed by atoms with van der Waals surface area (Å²) in [6.07, 6.45) is 0.588. The van der Waals surface area contributed by atoms with Gasteiger partial charge in [-0.15, -0.1) is 0 Å². The molecule has 6 heteroatoms. The molecule has 1 aromatic heterocycles.